The van der Waals surface area contributed by atoms with Crippen molar-refractivity contribution in [3.05, 3.63) is 0 Å². The van der Waals surface area contributed by atoms with Crippen LogP contribution in [-0.2, 0) is 23.9 Å². The van der Waals surface area contributed by atoms with E-state index in [4.69, 9.17) is 0 Å². The largest absolute Gasteiger partial charge is 0.469 e. The van der Waals surface area contributed by atoms with Gasteiger partial charge in [0.15, 0.2) is 0 Å². The molecule has 15 heavy (non-hydrogen) atoms. The van der Waals surface area contributed by atoms with Gasteiger partial charge in [-0.05, 0) is 6.42 Å². The first-order chi connectivity index (χ1) is 7.10. The molecule has 0 amide bonds. The van der Waals surface area contributed by atoms with Crippen LogP contribution in [-0.4, -0.2) is 31.9 Å². The summed E-state index contributed by atoms with van der Waals surface area (Å²) in [6, 6.07) is 0. The minimum Gasteiger partial charge on any atom is -0.469 e. The van der Waals surface area contributed by atoms with Crippen molar-refractivity contribution in [2.45, 2.75) is 32.1 Å². The van der Waals surface area contributed by atoms with Crippen LogP contribution in [0.2, 0.25) is 0 Å². The zero-order valence-electron chi connectivity index (χ0n) is 9.08. The number of carbonyl (C=O) groups excluding carboxylic acids is 3. The molecule has 0 aliphatic heterocycles. The molecule has 0 aliphatic rings. The first kappa shape index (κ1) is 13.6. The van der Waals surface area contributed by atoms with E-state index in [-0.39, 0.29) is 31.0 Å². The monoisotopic (exact) mass is 216 g/mol. The number of esters is 2. The van der Waals surface area contributed by atoms with E-state index in [1.54, 1.807) is 0 Å². The lowest BCUT2D eigenvalue weighted by Crippen LogP contribution is -2.07. The third-order valence-corrected chi connectivity index (χ3v) is 1.90. The van der Waals surface area contributed by atoms with Gasteiger partial charge in [0, 0.05) is 19.3 Å². The molecule has 0 bridgehead atoms. The number of Topliss-reactive ketones (excluding diaryl/α,β-unsaturated/α-hetero) is 1. The number of rotatable bonds is 7. The molecule has 5 heteroatoms. The summed E-state index contributed by atoms with van der Waals surface area (Å²) >= 11 is 0. The molecule has 86 valence electrons. The zero-order valence-corrected chi connectivity index (χ0v) is 9.08. The van der Waals surface area contributed by atoms with Crippen LogP contribution in [0, 0.1) is 0 Å². The number of hydrogen-bond acceptors (Lipinski definition) is 5. The third kappa shape index (κ3) is 7.66. The van der Waals surface area contributed by atoms with Crippen LogP contribution < -0.4 is 0 Å². The SMILES string of the molecule is COC(=O)CCCC(=O)CCC(=O)OC. The Kier molecular flexibility index (Phi) is 7.23. The predicted octanol–water partition coefficient (Wildman–Crippen LogP) is 0.852. The van der Waals surface area contributed by atoms with Crippen molar-refractivity contribution in [2.24, 2.45) is 0 Å². The fourth-order valence-corrected chi connectivity index (χ4v) is 1.00. The molecule has 0 radical (unpaired) electrons. The van der Waals surface area contributed by atoms with E-state index in [1.165, 1.54) is 14.2 Å². The average Bonchev–Trinajstić information content (AvgIpc) is 2.25. The highest BCUT2D eigenvalue weighted by Gasteiger charge is 2.08. The summed E-state index contributed by atoms with van der Waals surface area (Å²) in [6.07, 6.45) is 1.28. The van der Waals surface area contributed by atoms with E-state index in [9.17, 15) is 14.4 Å². The first-order valence-electron chi connectivity index (χ1n) is 4.75. The standard InChI is InChI=1S/C10H16O5/c1-14-9(12)5-3-4-8(11)6-7-10(13)15-2/h3-7H2,1-2H3. The molecule has 0 saturated heterocycles. The molecule has 0 fully saturated rings. The van der Waals surface area contributed by atoms with Gasteiger partial charge in [-0.25, -0.2) is 0 Å². The number of ketones is 1. The molecule has 0 heterocycles. The van der Waals surface area contributed by atoms with Gasteiger partial charge in [-0.3, -0.25) is 14.4 Å². The maximum Gasteiger partial charge on any atom is 0.305 e. The van der Waals surface area contributed by atoms with Gasteiger partial charge in [0.25, 0.3) is 0 Å². The molecule has 0 aromatic rings. The highest BCUT2D eigenvalue weighted by atomic mass is 16.5. The minimum atomic E-state index is -0.392. The molecular formula is C10H16O5. The van der Waals surface area contributed by atoms with E-state index < -0.39 is 5.97 Å². The van der Waals surface area contributed by atoms with E-state index in [0.717, 1.165) is 0 Å². The van der Waals surface area contributed by atoms with Crippen LogP contribution in [0.25, 0.3) is 0 Å². The topological polar surface area (TPSA) is 69.7 Å². The lowest BCUT2D eigenvalue weighted by molar-refractivity contribution is -0.142. The lowest BCUT2D eigenvalue weighted by Gasteiger charge is -2.00. The van der Waals surface area contributed by atoms with Gasteiger partial charge in [0.05, 0.1) is 20.6 Å². The van der Waals surface area contributed by atoms with Crippen LogP contribution in [0.3, 0.4) is 0 Å². The van der Waals surface area contributed by atoms with Crippen LogP contribution in [0.15, 0.2) is 0 Å². The van der Waals surface area contributed by atoms with Crippen molar-refractivity contribution < 1.29 is 23.9 Å². The molecule has 0 saturated carbocycles. The summed E-state index contributed by atoms with van der Waals surface area (Å²) in [5, 5.41) is 0. The lowest BCUT2D eigenvalue weighted by atomic mass is 10.1. The molecular weight excluding hydrogens is 200 g/mol. The maximum atomic E-state index is 11.2. The normalized spacial score (nSPS) is 9.47. The summed E-state index contributed by atoms with van der Waals surface area (Å²) in [7, 11) is 2.59. The van der Waals surface area contributed by atoms with Crippen molar-refractivity contribution in [3.8, 4) is 0 Å². The second-order valence-corrected chi connectivity index (χ2v) is 3.04. The Labute approximate surface area is 88.7 Å². The quantitative estimate of drug-likeness (QED) is 0.590. The highest BCUT2D eigenvalue weighted by Crippen LogP contribution is 2.03. The summed E-state index contributed by atoms with van der Waals surface area (Å²) < 4.78 is 8.82. The van der Waals surface area contributed by atoms with Gasteiger partial charge in [0.2, 0.25) is 0 Å². The summed E-state index contributed by atoms with van der Waals surface area (Å²) in [5.41, 5.74) is 0. The Morgan fingerprint density at radius 1 is 0.800 bits per heavy atom. The fourth-order valence-electron chi connectivity index (χ4n) is 1.00. The molecule has 0 aliphatic carbocycles. The van der Waals surface area contributed by atoms with E-state index in [2.05, 4.69) is 9.47 Å². The predicted molar refractivity (Wildman–Crippen MR) is 52.1 cm³/mol. The van der Waals surface area contributed by atoms with Crippen molar-refractivity contribution in [1.82, 2.24) is 0 Å². The number of hydrogen-bond donors (Lipinski definition) is 0. The highest BCUT2D eigenvalue weighted by molar-refractivity contribution is 5.83. The maximum absolute atomic E-state index is 11.2. The van der Waals surface area contributed by atoms with Gasteiger partial charge in [-0.1, -0.05) is 0 Å². The zero-order chi connectivity index (χ0) is 11.7. The Balaban J connectivity index is 3.49. The van der Waals surface area contributed by atoms with Gasteiger partial charge >= 0.3 is 11.9 Å². The van der Waals surface area contributed by atoms with Crippen molar-refractivity contribution in [1.29, 1.82) is 0 Å². The molecule has 0 aromatic heterocycles. The second kappa shape index (κ2) is 7.96. The third-order valence-electron chi connectivity index (χ3n) is 1.90. The van der Waals surface area contributed by atoms with E-state index in [1.807, 2.05) is 0 Å². The van der Waals surface area contributed by atoms with E-state index >= 15 is 0 Å². The van der Waals surface area contributed by atoms with Crippen LogP contribution in [0.5, 0.6) is 0 Å². The minimum absolute atomic E-state index is 0.0377. The van der Waals surface area contributed by atoms with Gasteiger partial charge < -0.3 is 9.47 Å². The average molecular weight is 216 g/mol. The Hall–Kier alpha value is -1.39. The Bertz CT molecular complexity index is 234. The van der Waals surface area contributed by atoms with Crippen LogP contribution in [0.4, 0.5) is 0 Å². The fraction of sp³-hybridized carbons (Fsp3) is 0.700. The summed E-state index contributed by atoms with van der Waals surface area (Å²) in [4.78, 5) is 32.6. The molecule has 0 atom stereocenters. The molecule has 0 unspecified atom stereocenters. The van der Waals surface area contributed by atoms with Crippen LogP contribution >= 0.6 is 0 Å². The number of methoxy groups -OCH3 is 2. The van der Waals surface area contributed by atoms with Crippen molar-refractivity contribution in [3.63, 3.8) is 0 Å². The van der Waals surface area contributed by atoms with E-state index in [0.29, 0.717) is 12.8 Å². The molecule has 0 spiro atoms. The van der Waals surface area contributed by atoms with Crippen molar-refractivity contribution in [2.75, 3.05) is 14.2 Å². The number of ether oxygens (including phenoxy) is 2. The van der Waals surface area contributed by atoms with Gasteiger partial charge in [0.1, 0.15) is 5.78 Å². The van der Waals surface area contributed by atoms with Gasteiger partial charge in [-0.2, -0.15) is 0 Å². The molecule has 0 N–H and O–H groups in total. The smallest absolute Gasteiger partial charge is 0.305 e. The Morgan fingerprint density at radius 3 is 1.87 bits per heavy atom. The second-order valence-electron chi connectivity index (χ2n) is 3.04. The summed E-state index contributed by atoms with van der Waals surface area (Å²) in [5.74, 6) is -0.753. The van der Waals surface area contributed by atoms with Crippen molar-refractivity contribution >= 4 is 17.7 Å². The molecule has 0 aromatic carbocycles. The van der Waals surface area contributed by atoms with Crippen LogP contribution in [0.1, 0.15) is 32.1 Å². The molecule has 0 rings (SSSR count). The van der Waals surface area contributed by atoms with Gasteiger partial charge in [-0.15, -0.1) is 0 Å². The molecule has 5 nitrogen and oxygen atoms in total. The Morgan fingerprint density at radius 2 is 1.33 bits per heavy atom. The number of carbonyl (C=O) groups is 3. The summed E-state index contributed by atoms with van der Waals surface area (Å²) in [6.45, 7) is 0. The first-order valence-corrected chi connectivity index (χ1v) is 4.75.